The molecule has 1 aliphatic rings. The average molecular weight is 249 g/mol. The first kappa shape index (κ1) is 11.5. The molecule has 0 radical (unpaired) electrons. The van der Waals surface area contributed by atoms with Crippen LogP contribution in [0.2, 0.25) is 0 Å². The number of nitrogens with zero attached hydrogens (tertiary/aromatic N) is 1. The van der Waals surface area contributed by atoms with Gasteiger partial charge in [0.05, 0.1) is 18.1 Å². The number of nitriles is 1. The fraction of sp³-hybridized carbons (Fsp3) is 0.125. The van der Waals surface area contributed by atoms with Gasteiger partial charge < -0.3 is 4.74 Å². The van der Waals surface area contributed by atoms with Crippen molar-refractivity contribution >= 4 is 5.78 Å². The first-order valence-corrected chi connectivity index (χ1v) is 6.05. The average Bonchev–Trinajstić information content (AvgIpc) is 2.58. The van der Waals surface area contributed by atoms with Gasteiger partial charge in [-0.15, -0.1) is 0 Å². The number of para-hydroxylation sites is 1. The molecule has 0 saturated carbocycles. The van der Waals surface area contributed by atoms with Gasteiger partial charge in [-0.1, -0.05) is 30.3 Å². The Hall–Kier alpha value is -2.60. The van der Waals surface area contributed by atoms with Crippen molar-refractivity contribution in [1.29, 1.82) is 5.26 Å². The normalized spacial score (nSPS) is 12.7. The molecular weight excluding hydrogens is 238 g/mol. The zero-order valence-corrected chi connectivity index (χ0v) is 10.2. The van der Waals surface area contributed by atoms with E-state index in [2.05, 4.69) is 6.07 Å². The summed E-state index contributed by atoms with van der Waals surface area (Å²) in [6, 6.07) is 14.9. The van der Waals surface area contributed by atoms with Crippen LogP contribution in [-0.2, 0) is 13.0 Å². The van der Waals surface area contributed by atoms with Crippen molar-refractivity contribution in [3.63, 3.8) is 0 Å². The van der Waals surface area contributed by atoms with Gasteiger partial charge in [0.2, 0.25) is 0 Å². The van der Waals surface area contributed by atoms with Gasteiger partial charge in [-0.25, -0.2) is 0 Å². The first-order chi connectivity index (χ1) is 9.29. The van der Waals surface area contributed by atoms with Crippen LogP contribution in [0, 0.1) is 11.3 Å². The van der Waals surface area contributed by atoms with Gasteiger partial charge in [0, 0.05) is 11.1 Å². The van der Waals surface area contributed by atoms with Crippen LogP contribution in [-0.4, -0.2) is 5.78 Å². The van der Waals surface area contributed by atoms with Gasteiger partial charge in [-0.3, -0.25) is 4.79 Å². The lowest BCUT2D eigenvalue weighted by Crippen LogP contribution is -2.03. The molecule has 0 N–H and O–H groups in total. The quantitative estimate of drug-likeness (QED) is 0.780. The predicted molar refractivity (Wildman–Crippen MR) is 70.0 cm³/mol. The number of carbonyl (C=O) groups excluding carboxylic acids is 1. The zero-order valence-electron chi connectivity index (χ0n) is 10.2. The molecule has 19 heavy (non-hydrogen) atoms. The summed E-state index contributed by atoms with van der Waals surface area (Å²) in [5.74, 6) is 0.595. The van der Waals surface area contributed by atoms with E-state index in [-0.39, 0.29) is 5.78 Å². The van der Waals surface area contributed by atoms with E-state index in [1.54, 1.807) is 18.2 Å². The third kappa shape index (κ3) is 1.98. The van der Waals surface area contributed by atoms with Crippen molar-refractivity contribution in [2.24, 2.45) is 0 Å². The molecule has 0 aromatic heterocycles. The van der Waals surface area contributed by atoms with Crippen molar-refractivity contribution in [2.75, 3.05) is 0 Å². The third-order valence-corrected chi connectivity index (χ3v) is 3.21. The number of carbonyl (C=O) groups is 1. The van der Waals surface area contributed by atoms with Crippen LogP contribution in [0.15, 0.2) is 42.5 Å². The lowest BCUT2D eigenvalue weighted by atomic mass is 9.97. The monoisotopic (exact) mass is 249 g/mol. The highest BCUT2D eigenvalue weighted by molar-refractivity contribution is 6.12. The molecule has 0 aliphatic carbocycles. The van der Waals surface area contributed by atoms with Crippen molar-refractivity contribution in [3.8, 4) is 11.8 Å². The van der Waals surface area contributed by atoms with Crippen LogP contribution < -0.4 is 4.74 Å². The molecule has 1 aliphatic heterocycles. The Bertz CT molecular complexity index is 698. The molecule has 2 aromatic carbocycles. The van der Waals surface area contributed by atoms with Gasteiger partial charge in [0.25, 0.3) is 0 Å². The van der Waals surface area contributed by atoms with Gasteiger partial charge in [0.15, 0.2) is 5.78 Å². The van der Waals surface area contributed by atoms with Crippen LogP contribution in [0.3, 0.4) is 0 Å². The molecule has 1 heterocycles. The van der Waals surface area contributed by atoms with E-state index in [0.29, 0.717) is 29.9 Å². The van der Waals surface area contributed by atoms with Gasteiger partial charge in [-0.05, 0) is 17.7 Å². The summed E-state index contributed by atoms with van der Waals surface area (Å²) in [6.45, 7) is 0.358. The Morgan fingerprint density at radius 1 is 1.16 bits per heavy atom. The highest BCUT2D eigenvalue weighted by Gasteiger charge is 2.21. The molecule has 0 saturated heterocycles. The number of benzene rings is 2. The molecule has 92 valence electrons. The summed E-state index contributed by atoms with van der Waals surface area (Å²) in [7, 11) is 0. The molecular formula is C16H11NO2. The van der Waals surface area contributed by atoms with Crippen molar-refractivity contribution in [3.05, 3.63) is 64.7 Å². The van der Waals surface area contributed by atoms with E-state index in [4.69, 9.17) is 10.00 Å². The van der Waals surface area contributed by atoms with Crippen molar-refractivity contribution < 1.29 is 9.53 Å². The van der Waals surface area contributed by atoms with E-state index in [1.807, 2.05) is 24.3 Å². The number of ether oxygens (including phenoxy) is 1. The molecule has 3 heteroatoms. The summed E-state index contributed by atoms with van der Waals surface area (Å²) in [6.07, 6.45) is 0.342. The second-order valence-electron chi connectivity index (χ2n) is 4.44. The fourth-order valence-corrected chi connectivity index (χ4v) is 2.27. The third-order valence-electron chi connectivity index (χ3n) is 3.21. The summed E-state index contributed by atoms with van der Waals surface area (Å²) in [4.78, 5) is 12.5. The molecule has 0 unspecified atom stereocenters. The topological polar surface area (TPSA) is 50.1 Å². The smallest absolute Gasteiger partial charge is 0.197 e. The highest BCUT2D eigenvalue weighted by atomic mass is 16.5. The van der Waals surface area contributed by atoms with Crippen LogP contribution in [0.4, 0.5) is 0 Å². The second kappa shape index (κ2) is 4.58. The van der Waals surface area contributed by atoms with Gasteiger partial charge in [0.1, 0.15) is 12.4 Å². The largest absolute Gasteiger partial charge is 0.488 e. The highest BCUT2D eigenvalue weighted by Crippen LogP contribution is 2.28. The summed E-state index contributed by atoms with van der Waals surface area (Å²) < 4.78 is 5.67. The molecule has 0 amide bonds. The number of ketones is 1. The van der Waals surface area contributed by atoms with Crippen molar-refractivity contribution in [2.45, 2.75) is 13.0 Å². The summed E-state index contributed by atoms with van der Waals surface area (Å²) in [5.41, 5.74) is 3.00. The lowest BCUT2D eigenvalue weighted by Gasteiger charge is -2.06. The fourth-order valence-electron chi connectivity index (χ4n) is 2.27. The Labute approximate surface area is 111 Å². The molecule has 0 fully saturated rings. The SMILES string of the molecule is N#CCc1ccc2c(c1)COc1ccccc1C2=O. The van der Waals surface area contributed by atoms with Gasteiger partial charge >= 0.3 is 0 Å². The standard InChI is InChI=1S/C16H11NO2/c17-8-7-11-5-6-13-12(9-11)10-19-15-4-2-1-3-14(15)16(13)18/h1-6,9H,7,10H2. The van der Waals surface area contributed by atoms with Crippen LogP contribution in [0.5, 0.6) is 5.75 Å². The van der Waals surface area contributed by atoms with Gasteiger partial charge in [-0.2, -0.15) is 5.26 Å². The Morgan fingerprint density at radius 2 is 2.00 bits per heavy atom. The van der Waals surface area contributed by atoms with Crippen molar-refractivity contribution in [1.82, 2.24) is 0 Å². The molecule has 0 bridgehead atoms. The molecule has 0 spiro atoms. The number of hydrogen-bond donors (Lipinski definition) is 0. The molecule has 0 atom stereocenters. The molecule has 2 aromatic rings. The number of hydrogen-bond acceptors (Lipinski definition) is 3. The minimum Gasteiger partial charge on any atom is -0.488 e. The maximum atomic E-state index is 12.5. The van der Waals surface area contributed by atoms with E-state index >= 15 is 0 Å². The molecule has 3 nitrogen and oxygen atoms in total. The Kier molecular flexibility index (Phi) is 2.77. The summed E-state index contributed by atoms with van der Waals surface area (Å²) in [5, 5.41) is 8.73. The lowest BCUT2D eigenvalue weighted by molar-refractivity contribution is 0.103. The maximum Gasteiger partial charge on any atom is 0.197 e. The minimum absolute atomic E-state index is 0.0217. The maximum absolute atomic E-state index is 12.5. The van der Waals surface area contributed by atoms with Crippen LogP contribution >= 0.6 is 0 Å². The summed E-state index contributed by atoms with van der Waals surface area (Å²) >= 11 is 0. The first-order valence-electron chi connectivity index (χ1n) is 6.05. The van der Waals surface area contributed by atoms with E-state index in [9.17, 15) is 4.79 Å². The predicted octanol–water partition coefficient (Wildman–Crippen LogP) is 2.88. The van der Waals surface area contributed by atoms with E-state index < -0.39 is 0 Å². The van der Waals surface area contributed by atoms with E-state index in [1.165, 1.54) is 0 Å². The number of fused-ring (bicyclic) bond motifs is 2. The molecule has 3 rings (SSSR count). The minimum atomic E-state index is -0.0217. The van der Waals surface area contributed by atoms with Crippen LogP contribution in [0.1, 0.15) is 27.0 Å². The zero-order chi connectivity index (χ0) is 13.2. The van der Waals surface area contributed by atoms with E-state index in [0.717, 1.165) is 11.1 Å². The Balaban J connectivity index is 2.10. The Morgan fingerprint density at radius 3 is 2.84 bits per heavy atom. The van der Waals surface area contributed by atoms with Crippen LogP contribution in [0.25, 0.3) is 0 Å². The number of rotatable bonds is 1. The second-order valence-corrected chi connectivity index (χ2v) is 4.44.